The summed E-state index contributed by atoms with van der Waals surface area (Å²) in [4.78, 5) is 12.5. The normalized spacial score (nSPS) is 18.2. The number of alkyl carbamates (subject to hydrolysis) is 1. The van der Waals surface area contributed by atoms with Gasteiger partial charge in [0.25, 0.3) is 0 Å². The summed E-state index contributed by atoms with van der Waals surface area (Å²) in [7, 11) is 0. The van der Waals surface area contributed by atoms with Crippen molar-refractivity contribution in [1.29, 1.82) is 0 Å². The minimum absolute atomic E-state index is 0.141. The number of rotatable bonds is 11. The van der Waals surface area contributed by atoms with Gasteiger partial charge in [0.05, 0.1) is 30.4 Å². The Balaban J connectivity index is 2.16. The van der Waals surface area contributed by atoms with Gasteiger partial charge in [-0.05, 0) is 84.9 Å². The van der Waals surface area contributed by atoms with Gasteiger partial charge in [-0.2, -0.15) is 13.2 Å². The second kappa shape index (κ2) is 12.7. The molecule has 1 amide bonds. The molecule has 212 valence electrons. The number of unbranched alkanes of at least 4 members (excludes halogenated alkanes) is 3. The number of nitrogens with one attached hydrogen (secondary N) is 1. The lowest BCUT2D eigenvalue weighted by molar-refractivity contribution is -0.271. The van der Waals surface area contributed by atoms with Crippen LogP contribution in [0, 0.1) is 0 Å². The Kier molecular flexibility index (Phi) is 10.7. The van der Waals surface area contributed by atoms with Gasteiger partial charge < -0.3 is 24.3 Å². The number of ether oxygens (including phenoxy) is 4. The van der Waals surface area contributed by atoms with Gasteiger partial charge in [0.15, 0.2) is 5.79 Å². The number of hydrogen-bond acceptors (Lipinski definition) is 5. The molecule has 0 radical (unpaired) electrons. The second-order valence-corrected chi connectivity index (χ2v) is 11.5. The predicted octanol–water partition coefficient (Wildman–Crippen LogP) is 7.42. The Labute approximate surface area is 219 Å². The number of benzene rings is 1. The fraction of sp³-hybridized carbons (Fsp3) is 0.750. The Morgan fingerprint density at radius 1 is 1.11 bits per heavy atom. The fourth-order valence-corrected chi connectivity index (χ4v) is 4.08. The highest BCUT2D eigenvalue weighted by Crippen LogP contribution is 2.38. The van der Waals surface area contributed by atoms with Gasteiger partial charge in [-0.15, -0.1) is 0 Å². The number of amides is 1. The largest absolute Gasteiger partial charge is 0.490 e. The van der Waals surface area contributed by atoms with Crippen LogP contribution in [0.2, 0.25) is 0 Å². The lowest BCUT2D eigenvalue weighted by Gasteiger charge is -2.44. The smallest absolute Gasteiger partial charge is 0.419 e. The van der Waals surface area contributed by atoms with E-state index < -0.39 is 34.8 Å². The molecule has 0 aromatic heterocycles. The van der Waals surface area contributed by atoms with Crippen LogP contribution in [0.3, 0.4) is 0 Å². The Bertz CT molecular complexity index is 870. The molecule has 1 aliphatic rings. The molecule has 0 spiro atoms. The van der Waals surface area contributed by atoms with E-state index in [9.17, 15) is 18.0 Å². The van der Waals surface area contributed by atoms with E-state index in [1.54, 1.807) is 47.6 Å². The van der Waals surface area contributed by atoms with Gasteiger partial charge >= 0.3 is 12.3 Å². The molecule has 1 aromatic rings. The second-order valence-electron chi connectivity index (χ2n) is 11.5. The summed E-state index contributed by atoms with van der Waals surface area (Å²) < 4.78 is 64.5. The molecule has 1 atom stereocenters. The van der Waals surface area contributed by atoms with E-state index in [0.717, 1.165) is 31.7 Å². The summed E-state index contributed by atoms with van der Waals surface area (Å²) in [5.41, 5.74) is -1.97. The number of carbonyl (C=O) groups is 1. The van der Waals surface area contributed by atoms with Gasteiger partial charge in [0.2, 0.25) is 0 Å². The first kappa shape index (κ1) is 31.2. The molecule has 1 fully saturated rings. The molecular weight excluding hydrogens is 487 g/mol. The first-order valence-corrected chi connectivity index (χ1v) is 13.2. The highest BCUT2D eigenvalue weighted by molar-refractivity contribution is 5.69. The van der Waals surface area contributed by atoms with Crippen LogP contribution in [-0.2, 0) is 26.8 Å². The van der Waals surface area contributed by atoms with E-state index in [1.165, 1.54) is 6.07 Å². The molecule has 0 aliphatic carbocycles. The molecule has 1 N–H and O–H groups in total. The Hall–Kier alpha value is -2.00. The highest BCUT2D eigenvalue weighted by Gasteiger charge is 2.42. The minimum Gasteiger partial charge on any atom is -0.490 e. The topological polar surface area (TPSA) is 66.0 Å². The summed E-state index contributed by atoms with van der Waals surface area (Å²) in [5, 5.41) is 2.85. The van der Waals surface area contributed by atoms with Crippen LogP contribution in [0.1, 0.15) is 98.1 Å². The summed E-state index contributed by atoms with van der Waals surface area (Å²) in [6.07, 6.45) is -0.0769. The molecule has 0 bridgehead atoms. The summed E-state index contributed by atoms with van der Waals surface area (Å²) in [6, 6.07) is 4.17. The summed E-state index contributed by atoms with van der Waals surface area (Å²) in [5.74, 6) is -0.985. The quantitative estimate of drug-likeness (QED) is 0.301. The third kappa shape index (κ3) is 10.7. The van der Waals surface area contributed by atoms with Gasteiger partial charge in [0.1, 0.15) is 11.4 Å². The average molecular weight is 532 g/mol. The van der Waals surface area contributed by atoms with Gasteiger partial charge in [-0.1, -0.05) is 32.3 Å². The van der Waals surface area contributed by atoms with Crippen LogP contribution in [0.25, 0.3) is 0 Å². The number of alkyl halides is 3. The molecule has 1 saturated heterocycles. The average Bonchev–Trinajstić information content (AvgIpc) is 2.76. The zero-order valence-electron chi connectivity index (χ0n) is 23.3. The van der Waals surface area contributed by atoms with Crippen LogP contribution < -0.4 is 10.1 Å². The fourth-order valence-electron chi connectivity index (χ4n) is 4.08. The van der Waals surface area contributed by atoms with Crippen molar-refractivity contribution < 1.29 is 36.9 Å². The van der Waals surface area contributed by atoms with Crippen molar-refractivity contribution in [1.82, 2.24) is 5.32 Å². The highest BCUT2D eigenvalue weighted by atomic mass is 19.4. The molecule has 0 unspecified atom stereocenters. The zero-order chi connectivity index (χ0) is 27.9. The van der Waals surface area contributed by atoms with Crippen LogP contribution >= 0.6 is 0 Å². The molecule has 2 rings (SSSR count). The molecule has 1 aromatic carbocycles. The van der Waals surface area contributed by atoms with E-state index in [0.29, 0.717) is 18.4 Å². The molecule has 37 heavy (non-hydrogen) atoms. The maximum absolute atomic E-state index is 13.9. The summed E-state index contributed by atoms with van der Waals surface area (Å²) >= 11 is 0. The molecule has 1 aliphatic heterocycles. The minimum atomic E-state index is -4.55. The van der Waals surface area contributed by atoms with Crippen LogP contribution in [0.15, 0.2) is 18.2 Å². The Morgan fingerprint density at radius 3 is 2.32 bits per heavy atom. The van der Waals surface area contributed by atoms with E-state index in [4.69, 9.17) is 18.9 Å². The van der Waals surface area contributed by atoms with Crippen LogP contribution in [0.5, 0.6) is 5.75 Å². The van der Waals surface area contributed by atoms with E-state index in [1.807, 2.05) is 0 Å². The zero-order valence-corrected chi connectivity index (χ0v) is 23.3. The molecule has 9 heteroatoms. The van der Waals surface area contributed by atoms with Crippen molar-refractivity contribution in [3.63, 3.8) is 0 Å². The molecule has 6 nitrogen and oxygen atoms in total. The van der Waals surface area contributed by atoms with Crippen molar-refractivity contribution in [2.24, 2.45) is 0 Å². The van der Waals surface area contributed by atoms with Gasteiger partial charge in [-0.3, -0.25) is 0 Å². The number of aryl methyl sites for hydroxylation is 1. The number of hydrogen-bond donors (Lipinski definition) is 1. The van der Waals surface area contributed by atoms with Crippen molar-refractivity contribution in [2.75, 3.05) is 13.2 Å². The van der Waals surface area contributed by atoms with E-state index in [-0.39, 0.29) is 31.5 Å². The maximum Gasteiger partial charge on any atom is 0.419 e. The molecular formula is C28H44F3NO5. The number of carbonyl (C=O) groups excluding carboxylic acids is 1. The SMILES string of the molecule is CCCCCC[C@@H](C)Oc1ccc(CCC2(NC(=O)OC(C)(C)C)COC(C)(C)OC2)cc1C(F)(F)F. The van der Waals surface area contributed by atoms with Crippen molar-refractivity contribution in [3.8, 4) is 5.75 Å². The predicted molar refractivity (Wildman–Crippen MR) is 137 cm³/mol. The van der Waals surface area contributed by atoms with Gasteiger partial charge in [0, 0.05) is 0 Å². The maximum atomic E-state index is 13.9. The lowest BCUT2D eigenvalue weighted by Crippen LogP contribution is -2.61. The van der Waals surface area contributed by atoms with Crippen LogP contribution in [-0.4, -0.2) is 42.3 Å². The Morgan fingerprint density at radius 2 is 1.76 bits per heavy atom. The van der Waals surface area contributed by atoms with E-state index in [2.05, 4.69) is 12.2 Å². The van der Waals surface area contributed by atoms with Crippen molar-refractivity contribution in [3.05, 3.63) is 29.3 Å². The van der Waals surface area contributed by atoms with Crippen molar-refractivity contribution in [2.45, 2.75) is 123 Å². The first-order chi connectivity index (χ1) is 17.0. The van der Waals surface area contributed by atoms with Gasteiger partial charge in [-0.25, -0.2) is 4.79 Å². The standard InChI is InChI=1S/C28H44F3NO5/c1-8-9-10-11-12-20(2)36-23-14-13-21(17-22(23)28(29,30)31)15-16-27(18-34-26(6,7)35-19-27)32-24(33)37-25(3,4)5/h13-14,17,20H,8-12,15-16,18-19H2,1-7H3,(H,32,33)/t20-/m1/s1. The molecule has 1 heterocycles. The third-order valence-corrected chi connectivity index (χ3v) is 6.19. The van der Waals surface area contributed by atoms with Crippen LogP contribution in [0.4, 0.5) is 18.0 Å². The lowest BCUT2D eigenvalue weighted by atomic mass is 9.91. The van der Waals surface area contributed by atoms with E-state index >= 15 is 0 Å². The molecule has 0 saturated carbocycles. The first-order valence-electron chi connectivity index (χ1n) is 13.2. The number of halogens is 3. The van der Waals surface area contributed by atoms with Crippen molar-refractivity contribution >= 4 is 6.09 Å². The third-order valence-electron chi connectivity index (χ3n) is 6.19. The monoisotopic (exact) mass is 531 g/mol. The summed E-state index contributed by atoms with van der Waals surface area (Å²) in [6.45, 7) is 13.0.